The van der Waals surface area contributed by atoms with E-state index in [0.717, 1.165) is 43.2 Å². The molecule has 2 aromatic rings. The van der Waals surface area contributed by atoms with Gasteiger partial charge in [0.1, 0.15) is 0 Å². The molecule has 1 aromatic carbocycles. The first kappa shape index (κ1) is 18.0. The predicted octanol–water partition coefficient (Wildman–Crippen LogP) is 3.12. The number of hydrogen-bond acceptors (Lipinski definition) is 3. The van der Waals surface area contributed by atoms with Crippen LogP contribution in [-0.4, -0.2) is 51.7 Å². The van der Waals surface area contributed by atoms with Gasteiger partial charge in [0.2, 0.25) is 0 Å². The Bertz CT molecular complexity index is 713. The van der Waals surface area contributed by atoms with Gasteiger partial charge in [-0.3, -0.25) is 14.4 Å². The number of piperidine rings is 1. The molecule has 6 heteroatoms. The molecule has 134 valence electrons. The second-order valence-electron chi connectivity index (χ2n) is 6.84. The van der Waals surface area contributed by atoms with Crippen LogP contribution in [0.4, 0.5) is 0 Å². The van der Waals surface area contributed by atoms with Crippen LogP contribution in [0.2, 0.25) is 5.02 Å². The van der Waals surface area contributed by atoms with Gasteiger partial charge in [-0.15, -0.1) is 0 Å². The Kier molecular flexibility index (Phi) is 5.45. The fourth-order valence-corrected chi connectivity index (χ4v) is 3.45. The number of rotatable bonds is 4. The van der Waals surface area contributed by atoms with E-state index in [-0.39, 0.29) is 11.9 Å². The first-order valence-electron chi connectivity index (χ1n) is 8.68. The molecule has 1 saturated heterocycles. The number of aromatic nitrogens is 2. The van der Waals surface area contributed by atoms with Crippen LogP contribution >= 0.6 is 11.6 Å². The summed E-state index contributed by atoms with van der Waals surface area (Å²) >= 11 is 5.94. The number of aryl methyl sites for hydroxylation is 2. The highest BCUT2D eigenvalue weighted by molar-refractivity contribution is 6.30. The molecule has 0 spiro atoms. The van der Waals surface area contributed by atoms with E-state index in [4.69, 9.17) is 11.6 Å². The summed E-state index contributed by atoms with van der Waals surface area (Å²) in [6, 6.07) is 10.2. The van der Waals surface area contributed by atoms with Gasteiger partial charge in [-0.05, 0) is 43.5 Å². The topological polar surface area (TPSA) is 41.4 Å². The molecule has 0 atom stereocenters. The lowest BCUT2D eigenvalue weighted by Crippen LogP contribution is -2.45. The minimum Gasteiger partial charge on any atom is -0.337 e. The highest BCUT2D eigenvalue weighted by Crippen LogP contribution is 2.20. The van der Waals surface area contributed by atoms with E-state index < -0.39 is 0 Å². The number of amides is 1. The van der Waals surface area contributed by atoms with Crippen molar-refractivity contribution in [2.75, 3.05) is 20.1 Å². The summed E-state index contributed by atoms with van der Waals surface area (Å²) in [5.41, 5.74) is 2.80. The van der Waals surface area contributed by atoms with E-state index in [1.54, 1.807) is 4.68 Å². The van der Waals surface area contributed by atoms with Crippen molar-refractivity contribution in [1.29, 1.82) is 0 Å². The minimum atomic E-state index is 0.0138. The zero-order chi connectivity index (χ0) is 18.0. The van der Waals surface area contributed by atoms with Gasteiger partial charge in [0.25, 0.3) is 5.91 Å². The Hall–Kier alpha value is -1.85. The zero-order valence-corrected chi connectivity index (χ0v) is 15.8. The van der Waals surface area contributed by atoms with Crippen LogP contribution in [0.15, 0.2) is 30.3 Å². The van der Waals surface area contributed by atoms with Gasteiger partial charge in [-0.1, -0.05) is 23.7 Å². The average Bonchev–Trinajstić information content (AvgIpc) is 2.95. The minimum absolute atomic E-state index is 0.0138. The molecule has 1 fully saturated rings. The van der Waals surface area contributed by atoms with Crippen LogP contribution in [0.25, 0.3) is 0 Å². The fourth-order valence-electron chi connectivity index (χ4n) is 3.32. The molecular weight excluding hydrogens is 336 g/mol. The standard InChI is InChI=1S/C19H25ClN4O/c1-14-12-18(21-23(14)3)19(25)22(2)17-8-10-24(11-9-17)13-15-4-6-16(20)7-5-15/h4-7,12,17H,8-11,13H2,1-3H3. The molecule has 0 N–H and O–H groups in total. The molecule has 1 amide bonds. The maximum atomic E-state index is 12.6. The molecule has 1 aromatic heterocycles. The van der Waals surface area contributed by atoms with Crippen molar-refractivity contribution in [3.05, 3.63) is 52.3 Å². The summed E-state index contributed by atoms with van der Waals surface area (Å²) in [6.45, 7) is 4.87. The van der Waals surface area contributed by atoms with Gasteiger partial charge >= 0.3 is 0 Å². The lowest BCUT2D eigenvalue weighted by Gasteiger charge is -2.36. The molecule has 0 saturated carbocycles. The van der Waals surface area contributed by atoms with Crippen LogP contribution in [-0.2, 0) is 13.6 Å². The Morgan fingerprint density at radius 3 is 2.48 bits per heavy atom. The molecule has 0 unspecified atom stereocenters. The molecule has 2 heterocycles. The fraction of sp³-hybridized carbons (Fsp3) is 0.474. The van der Waals surface area contributed by atoms with Crippen LogP contribution < -0.4 is 0 Å². The van der Waals surface area contributed by atoms with E-state index in [0.29, 0.717) is 5.69 Å². The van der Waals surface area contributed by atoms with E-state index in [2.05, 4.69) is 22.1 Å². The number of carbonyl (C=O) groups is 1. The second kappa shape index (κ2) is 7.58. The quantitative estimate of drug-likeness (QED) is 0.841. The smallest absolute Gasteiger partial charge is 0.274 e. The van der Waals surface area contributed by atoms with Crippen molar-refractivity contribution in [1.82, 2.24) is 19.6 Å². The van der Waals surface area contributed by atoms with Crippen molar-refractivity contribution in [2.24, 2.45) is 7.05 Å². The zero-order valence-electron chi connectivity index (χ0n) is 15.1. The molecule has 5 nitrogen and oxygen atoms in total. The van der Waals surface area contributed by atoms with Crippen molar-refractivity contribution < 1.29 is 4.79 Å². The van der Waals surface area contributed by atoms with Crippen molar-refractivity contribution in [2.45, 2.75) is 32.4 Å². The third-order valence-electron chi connectivity index (χ3n) is 5.08. The molecule has 0 bridgehead atoms. The molecule has 3 rings (SSSR count). The van der Waals surface area contributed by atoms with Crippen LogP contribution in [0, 0.1) is 6.92 Å². The molecule has 1 aliphatic heterocycles. The van der Waals surface area contributed by atoms with Crippen LogP contribution in [0.3, 0.4) is 0 Å². The van der Waals surface area contributed by atoms with Crippen molar-refractivity contribution in [3.63, 3.8) is 0 Å². The molecule has 0 aliphatic carbocycles. The van der Waals surface area contributed by atoms with Gasteiger partial charge in [0.05, 0.1) is 0 Å². The third kappa shape index (κ3) is 4.22. The van der Waals surface area contributed by atoms with Gasteiger partial charge in [-0.25, -0.2) is 0 Å². The van der Waals surface area contributed by atoms with E-state index in [1.807, 2.05) is 44.1 Å². The van der Waals surface area contributed by atoms with E-state index in [9.17, 15) is 4.79 Å². The summed E-state index contributed by atoms with van der Waals surface area (Å²) in [6.07, 6.45) is 1.98. The Labute approximate surface area is 154 Å². The third-order valence-corrected chi connectivity index (χ3v) is 5.33. The van der Waals surface area contributed by atoms with E-state index in [1.165, 1.54) is 5.56 Å². The number of likely N-dealkylation sites (tertiary alicyclic amines) is 1. The largest absolute Gasteiger partial charge is 0.337 e. The SMILES string of the molecule is Cc1cc(C(=O)N(C)C2CCN(Cc3ccc(Cl)cc3)CC2)nn1C. The monoisotopic (exact) mass is 360 g/mol. The molecular formula is C19H25ClN4O. The summed E-state index contributed by atoms with van der Waals surface area (Å²) in [7, 11) is 3.76. The Balaban J connectivity index is 1.54. The van der Waals surface area contributed by atoms with Crippen molar-refractivity contribution >= 4 is 17.5 Å². The molecule has 0 radical (unpaired) electrons. The first-order valence-corrected chi connectivity index (χ1v) is 9.06. The highest BCUT2D eigenvalue weighted by Gasteiger charge is 2.27. The number of carbonyl (C=O) groups excluding carboxylic acids is 1. The van der Waals surface area contributed by atoms with E-state index >= 15 is 0 Å². The molecule has 25 heavy (non-hydrogen) atoms. The summed E-state index contributed by atoms with van der Waals surface area (Å²) in [4.78, 5) is 16.9. The first-order chi connectivity index (χ1) is 11.9. The second-order valence-corrected chi connectivity index (χ2v) is 7.28. The summed E-state index contributed by atoms with van der Waals surface area (Å²) in [5, 5.41) is 5.08. The predicted molar refractivity (Wildman–Crippen MR) is 99.8 cm³/mol. The molecule has 1 aliphatic rings. The lowest BCUT2D eigenvalue weighted by atomic mass is 10.0. The lowest BCUT2D eigenvalue weighted by molar-refractivity contribution is 0.0630. The maximum absolute atomic E-state index is 12.6. The highest BCUT2D eigenvalue weighted by atomic mass is 35.5. The van der Waals surface area contributed by atoms with Gasteiger partial charge in [-0.2, -0.15) is 5.10 Å². The summed E-state index contributed by atoms with van der Waals surface area (Å²) < 4.78 is 1.75. The van der Waals surface area contributed by atoms with Crippen LogP contribution in [0.1, 0.15) is 34.6 Å². The average molecular weight is 361 g/mol. The maximum Gasteiger partial charge on any atom is 0.274 e. The Morgan fingerprint density at radius 2 is 1.92 bits per heavy atom. The summed E-state index contributed by atoms with van der Waals surface area (Å²) in [5.74, 6) is 0.0138. The van der Waals surface area contributed by atoms with Crippen molar-refractivity contribution in [3.8, 4) is 0 Å². The number of nitrogens with zero attached hydrogens (tertiary/aromatic N) is 4. The van der Waals surface area contributed by atoms with Gasteiger partial charge < -0.3 is 4.90 Å². The number of halogens is 1. The van der Waals surface area contributed by atoms with Gasteiger partial charge in [0.15, 0.2) is 5.69 Å². The van der Waals surface area contributed by atoms with Gasteiger partial charge in [0, 0.05) is 50.5 Å². The number of benzene rings is 1. The number of hydrogen-bond donors (Lipinski definition) is 0. The normalized spacial score (nSPS) is 16.2. The Morgan fingerprint density at radius 1 is 1.28 bits per heavy atom. The van der Waals surface area contributed by atoms with Crippen LogP contribution in [0.5, 0.6) is 0 Å².